The van der Waals surface area contributed by atoms with E-state index in [1.54, 1.807) is 0 Å². The number of aliphatic hydroxyl groups is 1. The fourth-order valence-electron chi connectivity index (χ4n) is 5.51. The van der Waals surface area contributed by atoms with Crippen LogP contribution in [0, 0.1) is 0 Å². The van der Waals surface area contributed by atoms with Crippen LogP contribution in [0.15, 0.2) is 0 Å². The molecule has 0 rings (SSSR count). The maximum Gasteiger partial charge on any atom is 0.268 e. The van der Waals surface area contributed by atoms with Gasteiger partial charge >= 0.3 is 0 Å². The number of carbonyl (C=O) groups is 1. The smallest absolute Gasteiger partial charge is 0.268 e. The lowest BCUT2D eigenvalue weighted by Crippen LogP contribution is -2.46. The zero-order valence-electron chi connectivity index (χ0n) is 30.3. The highest BCUT2D eigenvalue weighted by molar-refractivity contribution is 7.45. The van der Waals surface area contributed by atoms with Crippen molar-refractivity contribution in [1.82, 2.24) is 5.32 Å². The number of rotatable bonds is 34. The molecule has 0 aromatic heterocycles. The molecule has 0 fully saturated rings. The summed E-state index contributed by atoms with van der Waals surface area (Å²) in [6, 6.07) is -0.789. The lowest BCUT2D eigenvalue weighted by molar-refractivity contribution is -0.870. The van der Waals surface area contributed by atoms with Gasteiger partial charge in [-0.05, 0) is 12.8 Å². The van der Waals surface area contributed by atoms with Gasteiger partial charge in [0.2, 0.25) is 5.91 Å². The van der Waals surface area contributed by atoms with Crippen LogP contribution in [0.5, 0.6) is 0 Å². The average Bonchev–Trinajstić information content (AvgIpc) is 2.97. The number of nitrogens with one attached hydrogen (secondary N) is 1. The Labute approximate surface area is 279 Å². The van der Waals surface area contributed by atoms with Gasteiger partial charge in [0.05, 0.1) is 39.9 Å². The second kappa shape index (κ2) is 29.6. The third kappa shape index (κ3) is 31.8. The van der Waals surface area contributed by atoms with Crippen molar-refractivity contribution in [3.05, 3.63) is 0 Å². The number of carbonyl (C=O) groups excluding carboxylic acids is 1. The number of quaternary nitrogens is 1. The van der Waals surface area contributed by atoms with Gasteiger partial charge in [-0.2, -0.15) is 0 Å². The van der Waals surface area contributed by atoms with Gasteiger partial charge in [-0.25, -0.2) is 0 Å². The second-order valence-electron chi connectivity index (χ2n) is 14.3. The third-order valence-corrected chi connectivity index (χ3v) is 9.56. The molecule has 3 atom stereocenters. The monoisotopic (exact) mass is 663 g/mol. The summed E-state index contributed by atoms with van der Waals surface area (Å²) < 4.78 is 23.0. The maximum atomic E-state index is 12.7. The van der Waals surface area contributed by atoms with Crippen molar-refractivity contribution in [2.45, 2.75) is 187 Å². The number of hydrogen-bond donors (Lipinski definition) is 2. The number of aliphatic hydroxyl groups excluding tert-OH is 1. The van der Waals surface area contributed by atoms with Crippen molar-refractivity contribution in [3.63, 3.8) is 0 Å². The third-order valence-electron chi connectivity index (χ3n) is 8.60. The van der Waals surface area contributed by atoms with Crippen molar-refractivity contribution >= 4 is 13.7 Å². The first kappa shape index (κ1) is 44.5. The Hall–Kier alpha value is -0.500. The number of phosphoric acid groups is 1. The molecular formula is C36H75N2O6P. The van der Waals surface area contributed by atoms with Crippen LogP contribution >= 0.6 is 7.82 Å². The van der Waals surface area contributed by atoms with E-state index in [0.717, 1.165) is 38.5 Å². The molecule has 0 aliphatic heterocycles. The molecule has 8 nitrogen and oxygen atoms in total. The Morgan fingerprint density at radius 1 is 0.689 bits per heavy atom. The van der Waals surface area contributed by atoms with E-state index in [1.165, 1.54) is 109 Å². The largest absolute Gasteiger partial charge is 0.756 e. The lowest BCUT2D eigenvalue weighted by atomic mass is 10.0. The van der Waals surface area contributed by atoms with Crippen LogP contribution in [-0.2, 0) is 18.4 Å². The number of likely N-dealkylation sites (N-methyl/N-ethyl adjacent to an activating group) is 1. The van der Waals surface area contributed by atoms with Gasteiger partial charge in [0.1, 0.15) is 13.2 Å². The average molecular weight is 663 g/mol. The van der Waals surface area contributed by atoms with E-state index >= 15 is 0 Å². The minimum atomic E-state index is -4.54. The van der Waals surface area contributed by atoms with E-state index in [-0.39, 0.29) is 19.1 Å². The molecule has 2 N–H and O–H groups in total. The number of nitrogens with zero attached hydrogens (tertiary/aromatic N) is 1. The molecule has 1 amide bonds. The summed E-state index contributed by atoms with van der Waals surface area (Å²) in [4.78, 5) is 25.1. The van der Waals surface area contributed by atoms with Gasteiger partial charge in [-0.15, -0.1) is 0 Å². The molecule has 0 heterocycles. The van der Waals surface area contributed by atoms with E-state index in [2.05, 4.69) is 19.2 Å². The summed E-state index contributed by atoms with van der Waals surface area (Å²) in [5.41, 5.74) is 0. The first-order chi connectivity index (χ1) is 21.5. The van der Waals surface area contributed by atoms with Gasteiger partial charge in [-0.1, -0.05) is 155 Å². The fourth-order valence-corrected chi connectivity index (χ4v) is 6.23. The van der Waals surface area contributed by atoms with E-state index in [0.29, 0.717) is 23.9 Å². The van der Waals surface area contributed by atoms with Crippen LogP contribution < -0.4 is 10.2 Å². The van der Waals surface area contributed by atoms with Crippen LogP contribution in [0.4, 0.5) is 0 Å². The molecule has 0 aliphatic carbocycles. The minimum absolute atomic E-state index is 0.0150. The Kier molecular flexibility index (Phi) is 29.3. The highest BCUT2D eigenvalue weighted by atomic mass is 31.2. The van der Waals surface area contributed by atoms with Crippen LogP contribution in [0.25, 0.3) is 0 Å². The molecule has 0 aliphatic rings. The van der Waals surface area contributed by atoms with E-state index < -0.39 is 20.0 Å². The van der Waals surface area contributed by atoms with Gasteiger partial charge < -0.3 is 28.8 Å². The normalized spacial score (nSPS) is 14.7. The summed E-state index contributed by atoms with van der Waals surface area (Å²) in [6.45, 7) is 4.66. The Bertz CT molecular complexity index is 718. The van der Waals surface area contributed by atoms with Gasteiger partial charge in [0.15, 0.2) is 0 Å². The molecule has 0 aromatic rings. The van der Waals surface area contributed by atoms with E-state index in [4.69, 9.17) is 9.05 Å². The molecule has 0 saturated heterocycles. The summed E-state index contributed by atoms with van der Waals surface area (Å²) in [7, 11) is 1.31. The molecule has 270 valence electrons. The predicted octanol–water partition coefficient (Wildman–Crippen LogP) is 8.83. The molecule has 0 radical (unpaired) electrons. The van der Waals surface area contributed by atoms with Crippen molar-refractivity contribution in [2.75, 3.05) is 40.9 Å². The Morgan fingerprint density at radius 2 is 1.09 bits per heavy atom. The van der Waals surface area contributed by atoms with Crippen molar-refractivity contribution in [2.24, 2.45) is 0 Å². The first-order valence-corrected chi connectivity index (χ1v) is 20.3. The maximum absolute atomic E-state index is 12.7. The summed E-state index contributed by atoms with van der Waals surface area (Å²) in [5, 5.41) is 13.7. The van der Waals surface area contributed by atoms with Crippen molar-refractivity contribution < 1.29 is 32.9 Å². The molecule has 9 heteroatoms. The predicted molar refractivity (Wildman–Crippen MR) is 187 cm³/mol. The molecule has 45 heavy (non-hydrogen) atoms. The van der Waals surface area contributed by atoms with Crippen LogP contribution in [0.1, 0.15) is 174 Å². The first-order valence-electron chi connectivity index (χ1n) is 18.9. The molecule has 0 bridgehead atoms. The van der Waals surface area contributed by atoms with Gasteiger partial charge in [0.25, 0.3) is 7.82 Å². The lowest BCUT2D eigenvalue weighted by Gasteiger charge is -2.30. The van der Waals surface area contributed by atoms with Crippen LogP contribution in [-0.4, -0.2) is 68.5 Å². The van der Waals surface area contributed by atoms with Crippen molar-refractivity contribution in [1.29, 1.82) is 0 Å². The zero-order valence-corrected chi connectivity index (χ0v) is 31.2. The van der Waals surface area contributed by atoms with Crippen LogP contribution in [0.3, 0.4) is 0 Å². The molecule has 3 unspecified atom stereocenters. The summed E-state index contributed by atoms with van der Waals surface area (Å²) in [5.74, 6) is -0.167. The molecule has 0 aromatic carbocycles. The highest BCUT2D eigenvalue weighted by Gasteiger charge is 2.24. The van der Waals surface area contributed by atoms with Crippen LogP contribution in [0.2, 0.25) is 0 Å². The highest BCUT2D eigenvalue weighted by Crippen LogP contribution is 2.38. The quantitative estimate of drug-likeness (QED) is 0.0405. The summed E-state index contributed by atoms with van der Waals surface area (Å²) in [6.07, 6.45) is 28.3. The summed E-state index contributed by atoms with van der Waals surface area (Å²) >= 11 is 0. The Balaban J connectivity index is 4.30. The molecule has 0 saturated carbocycles. The number of unbranched alkanes of at least 4 members (excludes halogenated alkanes) is 21. The standard InChI is InChI=1S/C36H75N2O6P/c1-6-8-10-12-14-15-16-17-18-19-20-21-22-24-26-28-30-36(40)37-34(35(39)29-27-25-23-13-11-9-7-2)33-44-45(41,42)43-32-31-38(3,4)5/h34-35,39H,6-33H2,1-5H3,(H-,37,40,41,42). The van der Waals surface area contributed by atoms with E-state index in [9.17, 15) is 19.4 Å². The number of phosphoric ester groups is 1. The molecule has 0 spiro atoms. The second-order valence-corrected chi connectivity index (χ2v) is 15.7. The minimum Gasteiger partial charge on any atom is -0.756 e. The van der Waals surface area contributed by atoms with Gasteiger partial charge in [0, 0.05) is 6.42 Å². The number of amides is 1. The number of hydrogen-bond acceptors (Lipinski definition) is 6. The topological polar surface area (TPSA) is 108 Å². The SMILES string of the molecule is CCCCCCCCCCCCCCCCCCC(=O)NC(COP(=O)([O-])OCC[N+](C)(C)C)C(O)CCCCCCCCC. The Morgan fingerprint density at radius 3 is 1.51 bits per heavy atom. The van der Waals surface area contributed by atoms with E-state index in [1.807, 2.05) is 21.1 Å². The zero-order chi connectivity index (χ0) is 33.7. The van der Waals surface area contributed by atoms with Crippen molar-refractivity contribution in [3.8, 4) is 0 Å². The molecular weight excluding hydrogens is 587 g/mol. The van der Waals surface area contributed by atoms with Gasteiger partial charge in [-0.3, -0.25) is 9.36 Å². The fraction of sp³-hybridized carbons (Fsp3) is 0.972.